The Balaban J connectivity index is 1.90. The number of benzene rings is 1. The molecule has 1 aromatic carbocycles. The van der Waals surface area contributed by atoms with Crippen molar-refractivity contribution in [2.75, 3.05) is 13.2 Å². The van der Waals surface area contributed by atoms with E-state index in [1.807, 2.05) is 25.1 Å². The fourth-order valence-electron chi connectivity index (χ4n) is 1.91. The van der Waals surface area contributed by atoms with E-state index in [1.54, 1.807) is 0 Å². The predicted molar refractivity (Wildman–Crippen MR) is 62.4 cm³/mol. The first kappa shape index (κ1) is 11.0. The molecule has 1 atom stereocenters. The van der Waals surface area contributed by atoms with Crippen molar-refractivity contribution in [3.63, 3.8) is 0 Å². The molecule has 3 heteroatoms. The summed E-state index contributed by atoms with van der Waals surface area (Å²) in [5.74, 6) is 1.49. The first-order valence-electron chi connectivity index (χ1n) is 5.77. The summed E-state index contributed by atoms with van der Waals surface area (Å²) in [6.07, 6.45) is 1.53. The van der Waals surface area contributed by atoms with E-state index in [0.29, 0.717) is 25.5 Å². The number of amides is 1. The van der Waals surface area contributed by atoms with Gasteiger partial charge in [-0.15, -0.1) is 0 Å². The Hall–Kier alpha value is -1.51. The van der Waals surface area contributed by atoms with Crippen LogP contribution in [0.15, 0.2) is 24.3 Å². The molecule has 1 aromatic rings. The van der Waals surface area contributed by atoms with E-state index < -0.39 is 0 Å². The molecule has 0 aliphatic carbocycles. The van der Waals surface area contributed by atoms with Crippen molar-refractivity contribution in [2.45, 2.75) is 19.8 Å². The van der Waals surface area contributed by atoms with E-state index >= 15 is 0 Å². The van der Waals surface area contributed by atoms with Crippen molar-refractivity contribution in [2.24, 2.45) is 5.92 Å². The summed E-state index contributed by atoms with van der Waals surface area (Å²) < 4.78 is 5.65. The minimum absolute atomic E-state index is 0.110. The fourth-order valence-corrected chi connectivity index (χ4v) is 1.91. The lowest BCUT2D eigenvalue weighted by Gasteiger charge is -2.25. The van der Waals surface area contributed by atoms with Gasteiger partial charge in [-0.25, -0.2) is 0 Å². The molecule has 0 saturated heterocycles. The van der Waals surface area contributed by atoms with Crippen LogP contribution in [0.5, 0.6) is 5.75 Å². The second kappa shape index (κ2) is 5.01. The van der Waals surface area contributed by atoms with Crippen molar-refractivity contribution in [1.29, 1.82) is 0 Å². The lowest BCUT2D eigenvalue weighted by atomic mass is 9.97. The van der Waals surface area contributed by atoms with Gasteiger partial charge in [0.25, 0.3) is 0 Å². The SMILES string of the molecule is CCC(=O)NC[C@@H]1COc2ccccc2C1. The van der Waals surface area contributed by atoms with Crippen LogP contribution in [-0.2, 0) is 11.2 Å². The highest BCUT2D eigenvalue weighted by Crippen LogP contribution is 2.26. The number of hydrogen-bond donors (Lipinski definition) is 1. The smallest absolute Gasteiger partial charge is 0.219 e. The molecule has 0 aromatic heterocycles. The molecule has 16 heavy (non-hydrogen) atoms. The van der Waals surface area contributed by atoms with Gasteiger partial charge in [-0.1, -0.05) is 25.1 Å². The average molecular weight is 219 g/mol. The highest BCUT2D eigenvalue weighted by Gasteiger charge is 2.19. The van der Waals surface area contributed by atoms with Crippen LogP contribution in [0.1, 0.15) is 18.9 Å². The Bertz CT molecular complexity index is 376. The minimum atomic E-state index is 0.110. The number of hydrogen-bond acceptors (Lipinski definition) is 2. The normalized spacial score (nSPS) is 18.4. The second-order valence-corrected chi connectivity index (χ2v) is 4.15. The maximum atomic E-state index is 11.1. The monoisotopic (exact) mass is 219 g/mol. The molecule has 86 valence electrons. The Labute approximate surface area is 95.8 Å². The molecule has 1 heterocycles. The average Bonchev–Trinajstić information content (AvgIpc) is 2.35. The van der Waals surface area contributed by atoms with Crippen molar-refractivity contribution >= 4 is 5.91 Å². The van der Waals surface area contributed by atoms with Crippen molar-refractivity contribution in [1.82, 2.24) is 5.32 Å². The first-order chi connectivity index (χ1) is 7.79. The van der Waals surface area contributed by atoms with Gasteiger partial charge in [-0.3, -0.25) is 4.79 Å². The van der Waals surface area contributed by atoms with E-state index in [1.165, 1.54) is 5.56 Å². The van der Waals surface area contributed by atoms with Gasteiger partial charge in [0, 0.05) is 18.9 Å². The molecule has 1 aliphatic rings. The third-order valence-electron chi connectivity index (χ3n) is 2.86. The zero-order valence-electron chi connectivity index (χ0n) is 9.53. The Morgan fingerprint density at radius 2 is 2.31 bits per heavy atom. The van der Waals surface area contributed by atoms with Crippen LogP contribution in [-0.4, -0.2) is 19.1 Å². The summed E-state index contributed by atoms with van der Waals surface area (Å²) in [5.41, 5.74) is 1.24. The maximum absolute atomic E-state index is 11.1. The predicted octanol–water partition coefficient (Wildman–Crippen LogP) is 1.76. The van der Waals surface area contributed by atoms with Gasteiger partial charge in [0.2, 0.25) is 5.91 Å². The van der Waals surface area contributed by atoms with Crippen LogP contribution in [0, 0.1) is 5.92 Å². The van der Waals surface area contributed by atoms with Gasteiger partial charge in [0.1, 0.15) is 5.75 Å². The lowest BCUT2D eigenvalue weighted by Crippen LogP contribution is -2.34. The van der Waals surface area contributed by atoms with Crippen LogP contribution in [0.2, 0.25) is 0 Å². The molecule has 0 spiro atoms. The zero-order valence-corrected chi connectivity index (χ0v) is 9.53. The number of fused-ring (bicyclic) bond motifs is 1. The topological polar surface area (TPSA) is 38.3 Å². The zero-order chi connectivity index (χ0) is 11.4. The van der Waals surface area contributed by atoms with Crippen LogP contribution < -0.4 is 10.1 Å². The molecule has 0 fully saturated rings. The first-order valence-corrected chi connectivity index (χ1v) is 5.77. The summed E-state index contributed by atoms with van der Waals surface area (Å²) in [5, 5.41) is 2.91. The highest BCUT2D eigenvalue weighted by atomic mass is 16.5. The van der Waals surface area contributed by atoms with Gasteiger partial charge in [0.15, 0.2) is 0 Å². The summed E-state index contributed by atoms with van der Waals surface area (Å²) in [6.45, 7) is 3.27. The number of rotatable bonds is 3. The van der Waals surface area contributed by atoms with E-state index in [4.69, 9.17) is 4.74 Å². The summed E-state index contributed by atoms with van der Waals surface area (Å²) >= 11 is 0. The fraction of sp³-hybridized carbons (Fsp3) is 0.462. The number of carbonyl (C=O) groups excluding carboxylic acids is 1. The number of nitrogens with one attached hydrogen (secondary N) is 1. The van der Waals surface area contributed by atoms with E-state index in [-0.39, 0.29) is 5.91 Å². The van der Waals surface area contributed by atoms with Crippen LogP contribution in [0.3, 0.4) is 0 Å². The largest absolute Gasteiger partial charge is 0.493 e. The molecule has 0 saturated carbocycles. The van der Waals surface area contributed by atoms with Crippen molar-refractivity contribution in [3.8, 4) is 5.75 Å². The molecule has 2 rings (SSSR count). The molecular weight excluding hydrogens is 202 g/mol. The Morgan fingerprint density at radius 1 is 1.50 bits per heavy atom. The number of para-hydroxylation sites is 1. The molecule has 0 bridgehead atoms. The minimum Gasteiger partial charge on any atom is -0.493 e. The standard InChI is InChI=1S/C13H17NO2/c1-2-13(15)14-8-10-7-11-5-3-4-6-12(11)16-9-10/h3-6,10H,2,7-9H2,1H3,(H,14,15)/t10-/m1/s1. The molecule has 0 unspecified atom stereocenters. The molecule has 0 radical (unpaired) electrons. The summed E-state index contributed by atoms with van der Waals surface area (Å²) in [6, 6.07) is 8.09. The third kappa shape index (κ3) is 2.54. The number of ether oxygens (including phenoxy) is 1. The van der Waals surface area contributed by atoms with Gasteiger partial charge in [-0.05, 0) is 18.1 Å². The molecular formula is C13H17NO2. The van der Waals surface area contributed by atoms with Gasteiger partial charge in [0.05, 0.1) is 6.61 Å². The van der Waals surface area contributed by atoms with Crippen molar-refractivity contribution in [3.05, 3.63) is 29.8 Å². The van der Waals surface area contributed by atoms with Crippen LogP contribution in [0.25, 0.3) is 0 Å². The summed E-state index contributed by atoms with van der Waals surface area (Å²) in [4.78, 5) is 11.1. The Kier molecular flexibility index (Phi) is 3.44. The van der Waals surface area contributed by atoms with Crippen LogP contribution >= 0.6 is 0 Å². The highest BCUT2D eigenvalue weighted by molar-refractivity contribution is 5.75. The summed E-state index contributed by atoms with van der Waals surface area (Å²) in [7, 11) is 0. The van der Waals surface area contributed by atoms with Crippen LogP contribution in [0.4, 0.5) is 0 Å². The third-order valence-corrected chi connectivity index (χ3v) is 2.86. The van der Waals surface area contributed by atoms with Gasteiger partial charge >= 0.3 is 0 Å². The molecule has 3 nitrogen and oxygen atoms in total. The van der Waals surface area contributed by atoms with Gasteiger partial charge in [-0.2, -0.15) is 0 Å². The van der Waals surface area contributed by atoms with E-state index in [2.05, 4.69) is 11.4 Å². The molecule has 1 aliphatic heterocycles. The second-order valence-electron chi connectivity index (χ2n) is 4.15. The van der Waals surface area contributed by atoms with E-state index in [9.17, 15) is 4.79 Å². The number of carbonyl (C=O) groups is 1. The van der Waals surface area contributed by atoms with Crippen molar-refractivity contribution < 1.29 is 9.53 Å². The van der Waals surface area contributed by atoms with E-state index in [0.717, 1.165) is 12.2 Å². The lowest BCUT2D eigenvalue weighted by molar-refractivity contribution is -0.121. The molecule has 1 amide bonds. The maximum Gasteiger partial charge on any atom is 0.219 e. The van der Waals surface area contributed by atoms with Gasteiger partial charge < -0.3 is 10.1 Å². The molecule has 1 N–H and O–H groups in total. The Morgan fingerprint density at radius 3 is 3.12 bits per heavy atom. The quantitative estimate of drug-likeness (QED) is 0.841.